The molecule has 0 bridgehead atoms. The van der Waals surface area contributed by atoms with Gasteiger partial charge in [-0.2, -0.15) is 0 Å². The van der Waals surface area contributed by atoms with Crippen LogP contribution < -0.4 is 10.3 Å². The van der Waals surface area contributed by atoms with Gasteiger partial charge in [-0.3, -0.25) is 14.3 Å². The van der Waals surface area contributed by atoms with Gasteiger partial charge in [-0.05, 0) is 55.3 Å². The summed E-state index contributed by atoms with van der Waals surface area (Å²) in [7, 11) is 2.05. The van der Waals surface area contributed by atoms with Crippen LogP contribution in [0.3, 0.4) is 0 Å². The monoisotopic (exact) mass is 498 g/mol. The molecule has 182 valence electrons. The molecule has 1 unspecified atom stereocenters. The topological polar surface area (TPSA) is 52.3 Å². The molecule has 1 fully saturated rings. The van der Waals surface area contributed by atoms with Gasteiger partial charge in [0.1, 0.15) is 35.5 Å². The number of fused-ring (bicyclic) bond motifs is 5. The number of rotatable bonds is 4. The Morgan fingerprint density at radius 3 is 2.77 bits per heavy atom. The van der Waals surface area contributed by atoms with E-state index in [2.05, 4.69) is 22.6 Å². The molecule has 2 aliphatic heterocycles. The number of hydrogen-bond donors (Lipinski definition) is 0. The van der Waals surface area contributed by atoms with Crippen LogP contribution in [0.15, 0.2) is 53.5 Å². The molecule has 1 aromatic carbocycles. The van der Waals surface area contributed by atoms with Gasteiger partial charge in [0.25, 0.3) is 5.56 Å². The van der Waals surface area contributed by atoms with E-state index in [0.717, 1.165) is 36.6 Å². The third-order valence-electron chi connectivity index (χ3n) is 7.06. The summed E-state index contributed by atoms with van der Waals surface area (Å²) in [6.07, 6.45) is 5.02. The van der Waals surface area contributed by atoms with Crippen LogP contribution in [0, 0.1) is 11.6 Å². The van der Waals surface area contributed by atoms with Gasteiger partial charge >= 0.3 is 0 Å². The second-order valence-corrected chi connectivity index (χ2v) is 9.00. The molecule has 2 aliphatic rings. The summed E-state index contributed by atoms with van der Waals surface area (Å²) in [5.41, 5.74) is 3.53. The Morgan fingerprint density at radius 1 is 1.11 bits per heavy atom. The molecular formula is C26H25ClF2N4O2. The van der Waals surface area contributed by atoms with Crippen molar-refractivity contribution in [3.63, 3.8) is 0 Å². The van der Waals surface area contributed by atoms with Crippen molar-refractivity contribution < 1.29 is 13.5 Å². The number of pyridine rings is 2. The second kappa shape index (κ2) is 9.09. The molecule has 0 N–H and O–H groups in total. The fourth-order valence-corrected chi connectivity index (χ4v) is 5.39. The highest BCUT2D eigenvalue weighted by molar-refractivity contribution is 5.85. The van der Waals surface area contributed by atoms with E-state index >= 15 is 0 Å². The van der Waals surface area contributed by atoms with E-state index in [4.69, 9.17) is 9.72 Å². The first-order valence-corrected chi connectivity index (χ1v) is 11.5. The lowest BCUT2D eigenvalue weighted by Gasteiger charge is -2.30. The van der Waals surface area contributed by atoms with Gasteiger partial charge in [-0.25, -0.2) is 13.8 Å². The molecule has 5 heterocycles. The van der Waals surface area contributed by atoms with Gasteiger partial charge in [0.2, 0.25) is 0 Å². The average Bonchev–Trinajstić information content (AvgIpc) is 3.41. The van der Waals surface area contributed by atoms with Crippen molar-refractivity contribution in [3.8, 4) is 11.6 Å². The molecule has 6 nitrogen and oxygen atoms in total. The minimum absolute atomic E-state index is 0. The fraction of sp³-hybridized carbons (Fsp3) is 0.308. The van der Waals surface area contributed by atoms with Crippen LogP contribution in [-0.4, -0.2) is 32.1 Å². The number of nitrogens with zero attached hydrogens (tertiary/aromatic N) is 4. The van der Waals surface area contributed by atoms with E-state index < -0.39 is 11.6 Å². The Labute approximate surface area is 207 Å². The maximum Gasteiger partial charge on any atom is 0.259 e. The summed E-state index contributed by atoms with van der Waals surface area (Å²) in [6.45, 7) is 2.13. The summed E-state index contributed by atoms with van der Waals surface area (Å²) in [6, 6.07) is 10.7. The summed E-state index contributed by atoms with van der Waals surface area (Å²) in [5, 5.41) is 1.16. The maximum atomic E-state index is 13.8. The van der Waals surface area contributed by atoms with Crippen LogP contribution in [0.2, 0.25) is 0 Å². The number of aryl methyl sites for hydroxylation is 1. The Bertz CT molecular complexity index is 1480. The van der Waals surface area contributed by atoms with Gasteiger partial charge in [0.15, 0.2) is 0 Å². The Kier molecular flexibility index (Phi) is 6.11. The lowest BCUT2D eigenvalue weighted by molar-refractivity contribution is 0.242. The third-order valence-corrected chi connectivity index (χ3v) is 7.06. The molecule has 9 heteroatoms. The van der Waals surface area contributed by atoms with Crippen LogP contribution in [0.5, 0.6) is 5.75 Å². The summed E-state index contributed by atoms with van der Waals surface area (Å²) in [5.74, 6) is -0.485. The highest BCUT2D eigenvalue weighted by Gasteiger charge is 2.35. The zero-order chi connectivity index (χ0) is 23.4. The predicted molar refractivity (Wildman–Crippen MR) is 132 cm³/mol. The van der Waals surface area contributed by atoms with Gasteiger partial charge < -0.3 is 9.30 Å². The molecule has 35 heavy (non-hydrogen) atoms. The van der Waals surface area contributed by atoms with Crippen molar-refractivity contribution in [2.75, 3.05) is 13.1 Å². The SMILES string of the molecule is Cl.Cn1c2c(c3ccc(-n4ccc(OCc5ccc(F)cc5F)cc4=O)nc31)C1CCCN1CC2. The number of aromatic nitrogens is 3. The van der Waals surface area contributed by atoms with Crippen molar-refractivity contribution in [1.82, 2.24) is 19.0 Å². The maximum absolute atomic E-state index is 13.8. The van der Waals surface area contributed by atoms with Crippen molar-refractivity contribution in [3.05, 3.63) is 87.5 Å². The highest BCUT2D eigenvalue weighted by Crippen LogP contribution is 2.42. The molecular weight excluding hydrogens is 474 g/mol. The summed E-state index contributed by atoms with van der Waals surface area (Å²) >= 11 is 0. The minimum atomic E-state index is -0.683. The van der Waals surface area contributed by atoms with E-state index in [0.29, 0.717) is 17.6 Å². The highest BCUT2D eigenvalue weighted by atomic mass is 35.5. The quantitative estimate of drug-likeness (QED) is 0.409. The molecule has 6 rings (SSSR count). The van der Waals surface area contributed by atoms with Crippen LogP contribution in [0.4, 0.5) is 8.78 Å². The van der Waals surface area contributed by atoms with Gasteiger partial charge in [0, 0.05) is 61.0 Å². The molecule has 0 saturated carbocycles. The lowest BCUT2D eigenvalue weighted by atomic mass is 9.96. The molecule has 0 aliphatic carbocycles. The second-order valence-electron chi connectivity index (χ2n) is 9.00. The normalized spacial score (nSPS) is 17.2. The van der Waals surface area contributed by atoms with Crippen LogP contribution >= 0.6 is 12.4 Å². The first kappa shape index (κ1) is 23.5. The summed E-state index contributed by atoms with van der Waals surface area (Å²) < 4.78 is 36.1. The Hall–Kier alpha value is -3.23. The van der Waals surface area contributed by atoms with Crippen LogP contribution in [0.1, 0.15) is 35.7 Å². The lowest BCUT2D eigenvalue weighted by Crippen LogP contribution is -2.31. The van der Waals surface area contributed by atoms with Crippen molar-refractivity contribution in [1.29, 1.82) is 0 Å². The third kappa shape index (κ3) is 4.00. The van der Waals surface area contributed by atoms with Gasteiger partial charge in [0.05, 0.1) is 0 Å². The number of halogens is 3. The zero-order valence-electron chi connectivity index (χ0n) is 19.2. The van der Waals surface area contributed by atoms with Crippen LogP contribution in [-0.2, 0) is 20.1 Å². The Morgan fingerprint density at radius 2 is 1.97 bits per heavy atom. The van der Waals surface area contributed by atoms with Crippen molar-refractivity contribution in [2.45, 2.75) is 31.9 Å². The summed E-state index contributed by atoms with van der Waals surface area (Å²) in [4.78, 5) is 20.3. The predicted octanol–water partition coefficient (Wildman–Crippen LogP) is 4.70. The van der Waals surface area contributed by atoms with E-state index in [-0.39, 0.29) is 30.1 Å². The number of benzene rings is 1. The van der Waals surface area contributed by atoms with Crippen molar-refractivity contribution in [2.24, 2.45) is 7.05 Å². The van der Waals surface area contributed by atoms with Crippen LogP contribution in [0.25, 0.3) is 16.9 Å². The van der Waals surface area contributed by atoms with E-state index in [1.165, 1.54) is 46.9 Å². The molecule has 3 aromatic heterocycles. The molecule has 1 saturated heterocycles. The average molecular weight is 499 g/mol. The first-order chi connectivity index (χ1) is 16.5. The minimum Gasteiger partial charge on any atom is -0.489 e. The van der Waals surface area contributed by atoms with E-state index in [1.807, 2.05) is 6.07 Å². The number of hydrogen-bond acceptors (Lipinski definition) is 4. The molecule has 4 aromatic rings. The van der Waals surface area contributed by atoms with E-state index in [1.54, 1.807) is 12.3 Å². The van der Waals surface area contributed by atoms with Crippen molar-refractivity contribution >= 4 is 23.4 Å². The number of ether oxygens (including phenoxy) is 1. The smallest absolute Gasteiger partial charge is 0.259 e. The molecule has 1 atom stereocenters. The fourth-order valence-electron chi connectivity index (χ4n) is 5.39. The van der Waals surface area contributed by atoms with Gasteiger partial charge in [-0.1, -0.05) is 0 Å². The first-order valence-electron chi connectivity index (χ1n) is 11.5. The van der Waals surface area contributed by atoms with Gasteiger partial charge in [-0.15, -0.1) is 12.4 Å². The molecule has 0 radical (unpaired) electrons. The molecule has 0 amide bonds. The largest absolute Gasteiger partial charge is 0.489 e. The zero-order valence-corrected chi connectivity index (χ0v) is 20.0. The van der Waals surface area contributed by atoms with E-state index in [9.17, 15) is 13.6 Å². The standard InChI is InChI=1S/C26H24F2N4O2.ClH/c1-30-21-9-11-31-10-2-3-22(31)25(21)19-6-7-23(29-26(19)30)32-12-8-18(14-24(32)33)34-15-16-4-5-17(27)13-20(16)28;/h4-8,12-14,22H,2-3,9-11,15H2,1H3;1H. The molecule has 0 spiro atoms. The Balaban J connectivity index is 0.00000253.